The first kappa shape index (κ1) is 21.8. The van der Waals surface area contributed by atoms with Gasteiger partial charge >= 0.3 is 0 Å². The first-order valence-electron chi connectivity index (χ1n) is 9.81. The number of hydrogen-bond acceptors (Lipinski definition) is 4. The van der Waals surface area contributed by atoms with Crippen LogP contribution < -0.4 is 15.0 Å². The van der Waals surface area contributed by atoms with Gasteiger partial charge in [-0.3, -0.25) is 4.79 Å². The number of ether oxygens (including phenoxy) is 1. The number of carbonyl (C=O) groups is 1. The smallest absolute Gasteiger partial charge is 0.267 e. The first-order valence-corrected chi connectivity index (χ1v) is 10.6. The molecule has 0 unspecified atom stereocenters. The van der Waals surface area contributed by atoms with Gasteiger partial charge in [-0.25, -0.2) is 0 Å². The van der Waals surface area contributed by atoms with E-state index in [4.69, 9.17) is 27.9 Å². The predicted octanol–water partition coefficient (Wildman–Crippen LogP) is 4.93. The van der Waals surface area contributed by atoms with Gasteiger partial charge in [0.25, 0.3) is 5.91 Å². The summed E-state index contributed by atoms with van der Waals surface area (Å²) in [5.74, 6) is 0.321. The topological polar surface area (TPSA) is 44.8 Å². The van der Waals surface area contributed by atoms with Gasteiger partial charge in [-0.15, -0.1) is 0 Å². The molecule has 1 N–H and O–H groups in total. The van der Waals surface area contributed by atoms with E-state index >= 15 is 0 Å². The largest absolute Gasteiger partial charge is 0.478 e. The third-order valence-corrected chi connectivity index (χ3v) is 5.65. The van der Waals surface area contributed by atoms with E-state index in [0.717, 1.165) is 38.4 Å². The van der Waals surface area contributed by atoms with Crippen LogP contribution >= 0.6 is 23.2 Å². The molecule has 0 atom stereocenters. The van der Waals surface area contributed by atoms with Crippen LogP contribution in [0.2, 0.25) is 10.0 Å². The lowest BCUT2D eigenvalue weighted by Gasteiger charge is -2.36. The number of piperazine rings is 1. The number of amides is 1. The zero-order valence-corrected chi connectivity index (χ0v) is 18.6. The second-order valence-corrected chi connectivity index (χ2v) is 8.45. The molecule has 0 aliphatic carbocycles. The van der Waals surface area contributed by atoms with Crippen molar-refractivity contribution < 1.29 is 9.53 Å². The maximum atomic E-state index is 12.8. The van der Waals surface area contributed by atoms with Crippen LogP contribution in [-0.2, 0) is 4.79 Å². The molecule has 7 heteroatoms. The second kappa shape index (κ2) is 9.24. The van der Waals surface area contributed by atoms with Crippen molar-refractivity contribution in [3.05, 3.63) is 52.5 Å². The van der Waals surface area contributed by atoms with Crippen molar-refractivity contribution >= 4 is 40.5 Å². The van der Waals surface area contributed by atoms with E-state index in [9.17, 15) is 4.79 Å². The number of benzene rings is 2. The van der Waals surface area contributed by atoms with Crippen LogP contribution in [0.15, 0.2) is 42.5 Å². The molecule has 0 spiro atoms. The quantitative estimate of drug-likeness (QED) is 0.698. The lowest BCUT2D eigenvalue weighted by molar-refractivity contribution is -0.128. The van der Waals surface area contributed by atoms with Crippen molar-refractivity contribution in [1.82, 2.24) is 4.90 Å². The van der Waals surface area contributed by atoms with Crippen LogP contribution in [-0.4, -0.2) is 49.1 Å². The van der Waals surface area contributed by atoms with Gasteiger partial charge < -0.3 is 19.9 Å². The van der Waals surface area contributed by atoms with Gasteiger partial charge in [0.2, 0.25) is 0 Å². The molecule has 1 saturated heterocycles. The zero-order chi connectivity index (χ0) is 21.0. The lowest BCUT2D eigenvalue weighted by atomic mass is 10.1. The van der Waals surface area contributed by atoms with Crippen molar-refractivity contribution in [2.24, 2.45) is 0 Å². The van der Waals surface area contributed by atoms with E-state index in [1.807, 2.05) is 12.1 Å². The molecule has 0 saturated carbocycles. The molecular weight excluding hydrogens is 409 g/mol. The molecule has 29 heavy (non-hydrogen) atoms. The maximum absolute atomic E-state index is 12.8. The van der Waals surface area contributed by atoms with Gasteiger partial charge in [0, 0.05) is 36.9 Å². The summed E-state index contributed by atoms with van der Waals surface area (Å²) in [5.41, 5.74) is 0.580. The van der Waals surface area contributed by atoms with Crippen molar-refractivity contribution in [1.29, 1.82) is 0 Å². The van der Waals surface area contributed by atoms with Crippen LogP contribution in [0, 0.1) is 0 Å². The molecule has 0 bridgehead atoms. The van der Waals surface area contributed by atoms with Crippen LogP contribution in [0.4, 0.5) is 11.4 Å². The monoisotopic (exact) mass is 435 g/mol. The normalized spacial score (nSPS) is 15.3. The van der Waals surface area contributed by atoms with Gasteiger partial charge in [-0.1, -0.05) is 30.1 Å². The Morgan fingerprint density at radius 3 is 2.31 bits per heavy atom. The van der Waals surface area contributed by atoms with Crippen molar-refractivity contribution in [3.63, 3.8) is 0 Å². The number of likely N-dealkylation sites (N-methyl/N-ethyl adjacent to an activating group) is 1. The fourth-order valence-electron chi connectivity index (χ4n) is 3.27. The van der Waals surface area contributed by atoms with Crippen molar-refractivity contribution in [2.75, 3.05) is 42.9 Å². The number of nitrogens with one attached hydrogen (secondary N) is 1. The average Bonchev–Trinajstić information content (AvgIpc) is 2.70. The fourth-order valence-corrected chi connectivity index (χ4v) is 3.70. The Kier molecular flexibility index (Phi) is 6.93. The van der Waals surface area contributed by atoms with Gasteiger partial charge in [0.1, 0.15) is 5.75 Å². The molecule has 3 rings (SSSR count). The van der Waals surface area contributed by atoms with E-state index in [1.54, 1.807) is 44.2 Å². The van der Waals surface area contributed by atoms with E-state index in [0.29, 0.717) is 21.5 Å². The number of rotatable bonds is 6. The molecule has 2 aromatic rings. The predicted molar refractivity (Wildman–Crippen MR) is 121 cm³/mol. The molecule has 1 fully saturated rings. The lowest BCUT2D eigenvalue weighted by Crippen LogP contribution is -2.46. The minimum Gasteiger partial charge on any atom is -0.478 e. The molecule has 1 amide bonds. The summed E-state index contributed by atoms with van der Waals surface area (Å²) in [4.78, 5) is 17.5. The fraction of sp³-hybridized carbons (Fsp3) is 0.409. The highest BCUT2D eigenvalue weighted by Crippen LogP contribution is 2.30. The number of halogens is 2. The van der Waals surface area contributed by atoms with Gasteiger partial charge in [0.05, 0.1) is 10.7 Å². The van der Waals surface area contributed by atoms with Crippen molar-refractivity contribution in [2.45, 2.75) is 26.4 Å². The SMILES string of the molecule is CCN1CCN(c2ccc(NC(=O)C(C)(C)Oc3ccc(Cl)cc3)cc2Cl)CC1. The summed E-state index contributed by atoms with van der Waals surface area (Å²) in [6, 6.07) is 12.6. The molecule has 1 aliphatic rings. The minimum absolute atomic E-state index is 0.257. The number of carbonyl (C=O) groups excluding carboxylic acids is 1. The standard InChI is InChI=1S/C22H27Cl2N3O2/c1-4-26-11-13-27(14-12-26)20-10-7-17(15-19(20)24)25-21(28)22(2,3)29-18-8-5-16(23)6-9-18/h5-10,15H,4,11-14H2,1-3H3,(H,25,28). The summed E-state index contributed by atoms with van der Waals surface area (Å²) in [6.07, 6.45) is 0. The summed E-state index contributed by atoms with van der Waals surface area (Å²) >= 11 is 12.4. The number of anilines is 2. The van der Waals surface area contributed by atoms with Gasteiger partial charge in [0.15, 0.2) is 5.60 Å². The van der Waals surface area contributed by atoms with Crippen LogP contribution in [0.3, 0.4) is 0 Å². The van der Waals surface area contributed by atoms with E-state index in [-0.39, 0.29) is 5.91 Å². The Morgan fingerprint density at radius 2 is 1.72 bits per heavy atom. The van der Waals surface area contributed by atoms with Gasteiger partial charge in [-0.2, -0.15) is 0 Å². The Bertz CT molecular complexity index is 848. The number of hydrogen-bond donors (Lipinski definition) is 1. The van der Waals surface area contributed by atoms with Gasteiger partial charge in [-0.05, 0) is 62.9 Å². The minimum atomic E-state index is -1.06. The van der Waals surface area contributed by atoms with E-state index in [2.05, 4.69) is 22.0 Å². The zero-order valence-electron chi connectivity index (χ0n) is 17.0. The highest BCUT2D eigenvalue weighted by molar-refractivity contribution is 6.33. The molecule has 156 valence electrons. The Morgan fingerprint density at radius 1 is 1.07 bits per heavy atom. The summed E-state index contributed by atoms with van der Waals surface area (Å²) < 4.78 is 5.84. The van der Waals surface area contributed by atoms with E-state index < -0.39 is 5.60 Å². The maximum Gasteiger partial charge on any atom is 0.267 e. The molecule has 0 aromatic heterocycles. The molecule has 0 radical (unpaired) electrons. The molecule has 1 aliphatic heterocycles. The van der Waals surface area contributed by atoms with Crippen LogP contribution in [0.25, 0.3) is 0 Å². The third kappa shape index (κ3) is 5.56. The summed E-state index contributed by atoms with van der Waals surface area (Å²) in [7, 11) is 0. The summed E-state index contributed by atoms with van der Waals surface area (Å²) in [5, 5.41) is 4.14. The Hall–Kier alpha value is -1.95. The Labute approximate surface area is 182 Å². The van der Waals surface area contributed by atoms with Crippen molar-refractivity contribution in [3.8, 4) is 5.75 Å². The Balaban J connectivity index is 1.64. The summed E-state index contributed by atoms with van der Waals surface area (Å²) in [6.45, 7) is 10.6. The third-order valence-electron chi connectivity index (χ3n) is 5.10. The number of nitrogens with zero attached hydrogens (tertiary/aromatic N) is 2. The molecule has 5 nitrogen and oxygen atoms in total. The second-order valence-electron chi connectivity index (χ2n) is 7.61. The molecular formula is C22H27Cl2N3O2. The highest BCUT2D eigenvalue weighted by Gasteiger charge is 2.30. The van der Waals surface area contributed by atoms with E-state index in [1.165, 1.54) is 0 Å². The van der Waals surface area contributed by atoms with Crippen LogP contribution in [0.5, 0.6) is 5.75 Å². The van der Waals surface area contributed by atoms with Crippen LogP contribution in [0.1, 0.15) is 20.8 Å². The molecule has 1 heterocycles. The first-order chi connectivity index (χ1) is 13.8. The highest BCUT2D eigenvalue weighted by atomic mass is 35.5. The average molecular weight is 436 g/mol. The molecule has 2 aromatic carbocycles.